The van der Waals surface area contributed by atoms with Gasteiger partial charge in [-0.3, -0.25) is 4.79 Å². The van der Waals surface area contributed by atoms with E-state index in [0.717, 1.165) is 23.8 Å². The minimum Gasteiger partial charge on any atom is -0.487 e. The lowest BCUT2D eigenvalue weighted by atomic mass is 10.2. The van der Waals surface area contributed by atoms with Crippen LogP contribution < -0.4 is 10.3 Å². The first-order chi connectivity index (χ1) is 16.9. The Hall–Kier alpha value is -2.70. The third kappa shape index (κ3) is 4.87. The van der Waals surface area contributed by atoms with Gasteiger partial charge in [-0.1, -0.05) is 36.4 Å². The molecular formula is C26H16ClI2N3O3. The van der Waals surface area contributed by atoms with E-state index in [0.29, 0.717) is 39.7 Å². The summed E-state index contributed by atoms with van der Waals surface area (Å²) < 4.78 is 14.9. The van der Waals surface area contributed by atoms with Crippen molar-refractivity contribution in [3.63, 3.8) is 0 Å². The molecular weight excluding hydrogens is 692 g/mol. The monoisotopic (exact) mass is 707 g/mol. The van der Waals surface area contributed by atoms with Gasteiger partial charge in [-0.05, 0) is 99.3 Å². The maximum absolute atomic E-state index is 13.4. The van der Waals surface area contributed by atoms with E-state index in [1.54, 1.807) is 54.8 Å². The maximum atomic E-state index is 13.4. The number of hydrogen-bond donors (Lipinski definition) is 0. The van der Waals surface area contributed by atoms with E-state index >= 15 is 0 Å². The predicted octanol–water partition coefficient (Wildman–Crippen LogP) is 7.12. The first-order valence-electron chi connectivity index (χ1n) is 10.4. The van der Waals surface area contributed by atoms with Crippen LogP contribution >= 0.6 is 56.8 Å². The highest BCUT2D eigenvalue weighted by Crippen LogP contribution is 2.30. The van der Waals surface area contributed by atoms with Crippen molar-refractivity contribution < 1.29 is 9.15 Å². The van der Waals surface area contributed by atoms with Crippen molar-refractivity contribution in [3.05, 3.63) is 101 Å². The van der Waals surface area contributed by atoms with Crippen LogP contribution in [0.4, 0.5) is 0 Å². The molecule has 6 nitrogen and oxygen atoms in total. The molecule has 0 saturated carbocycles. The van der Waals surface area contributed by atoms with Gasteiger partial charge in [0.1, 0.15) is 17.9 Å². The van der Waals surface area contributed by atoms with Crippen LogP contribution in [-0.4, -0.2) is 22.5 Å². The van der Waals surface area contributed by atoms with Crippen molar-refractivity contribution in [1.29, 1.82) is 0 Å². The van der Waals surface area contributed by atoms with Crippen LogP contribution in [0.2, 0.25) is 5.02 Å². The molecule has 0 aliphatic heterocycles. The summed E-state index contributed by atoms with van der Waals surface area (Å²) in [6.45, 7) is 4.11. The van der Waals surface area contributed by atoms with Crippen LogP contribution in [0.15, 0.2) is 87.6 Å². The molecule has 0 aliphatic carbocycles. The molecule has 9 heteroatoms. The second-order valence-corrected chi connectivity index (χ2v) is 10.3. The number of hydrogen-bond acceptors (Lipinski definition) is 5. The first-order valence-corrected chi connectivity index (χ1v) is 13.0. The lowest BCUT2D eigenvalue weighted by Crippen LogP contribution is -2.20. The van der Waals surface area contributed by atoms with Gasteiger partial charge in [0.2, 0.25) is 5.82 Å². The van der Waals surface area contributed by atoms with Crippen molar-refractivity contribution >= 4 is 84.9 Å². The molecule has 0 unspecified atom stereocenters. The summed E-state index contributed by atoms with van der Waals surface area (Å²) in [5.74, 6) is 1.50. The van der Waals surface area contributed by atoms with Crippen LogP contribution in [0.3, 0.4) is 0 Å². The maximum Gasteiger partial charge on any atom is 0.282 e. The topological polar surface area (TPSA) is 69.6 Å². The average Bonchev–Trinajstić information content (AvgIpc) is 3.26. The molecule has 0 aliphatic rings. The highest BCUT2D eigenvalue weighted by Gasteiger charge is 2.17. The number of benzene rings is 3. The Labute approximate surface area is 232 Å². The highest BCUT2D eigenvalue weighted by atomic mass is 127. The van der Waals surface area contributed by atoms with Gasteiger partial charge in [-0.15, -0.1) is 0 Å². The molecule has 0 N–H and O–H groups in total. The fraction of sp³-hybridized carbons (Fsp3) is 0.0385. The van der Waals surface area contributed by atoms with Crippen molar-refractivity contribution in [1.82, 2.24) is 9.66 Å². The number of para-hydroxylation sites is 1. The summed E-state index contributed by atoms with van der Waals surface area (Å²) in [4.78, 5) is 18.1. The van der Waals surface area contributed by atoms with Crippen molar-refractivity contribution in [3.8, 4) is 17.3 Å². The Balaban J connectivity index is 1.65. The number of halogens is 3. The second kappa shape index (κ2) is 10.1. The lowest BCUT2D eigenvalue weighted by Gasteiger charge is -2.10. The predicted molar refractivity (Wildman–Crippen MR) is 157 cm³/mol. The Bertz CT molecular complexity index is 1670. The van der Waals surface area contributed by atoms with Crippen molar-refractivity contribution in [2.75, 3.05) is 6.61 Å². The van der Waals surface area contributed by atoms with Gasteiger partial charge >= 0.3 is 0 Å². The van der Waals surface area contributed by atoms with E-state index in [4.69, 9.17) is 25.7 Å². The molecule has 5 rings (SSSR count). The number of ether oxygens (including phenoxy) is 1. The highest BCUT2D eigenvalue weighted by molar-refractivity contribution is 14.1. The zero-order valence-electron chi connectivity index (χ0n) is 18.0. The van der Waals surface area contributed by atoms with E-state index < -0.39 is 0 Å². The molecule has 174 valence electrons. The average molecular weight is 708 g/mol. The summed E-state index contributed by atoms with van der Waals surface area (Å²) in [5, 5.41) is 6.40. The molecule has 3 aromatic carbocycles. The smallest absolute Gasteiger partial charge is 0.282 e. The van der Waals surface area contributed by atoms with Crippen LogP contribution in [0.5, 0.6) is 5.75 Å². The summed E-state index contributed by atoms with van der Waals surface area (Å²) in [5.41, 5.74) is 1.72. The van der Waals surface area contributed by atoms with Gasteiger partial charge < -0.3 is 9.15 Å². The largest absolute Gasteiger partial charge is 0.487 e. The van der Waals surface area contributed by atoms with Gasteiger partial charge in [0, 0.05) is 10.4 Å². The number of nitrogens with zero attached hydrogens (tertiary/aromatic N) is 3. The number of furan rings is 1. The fourth-order valence-electron chi connectivity index (χ4n) is 3.57. The van der Waals surface area contributed by atoms with Crippen LogP contribution in [0.25, 0.3) is 33.5 Å². The molecule has 0 bridgehead atoms. The van der Waals surface area contributed by atoms with Gasteiger partial charge in [-0.25, -0.2) is 4.98 Å². The molecule has 0 amide bonds. The van der Waals surface area contributed by atoms with E-state index in [2.05, 4.69) is 56.9 Å². The van der Waals surface area contributed by atoms with Crippen LogP contribution in [0.1, 0.15) is 5.56 Å². The molecule has 2 heterocycles. The minimum absolute atomic E-state index is 0.296. The fourth-order valence-corrected chi connectivity index (χ4v) is 5.88. The number of aromatic nitrogens is 2. The van der Waals surface area contributed by atoms with Gasteiger partial charge in [0.15, 0.2) is 5.76 Å². The molecule has 5 aromatic rings. The van der Waals surface area contributed by atoms with Crippen molar-refractivity contribution in [2.45, 2.75) is 0 Å². The SMILES string of the molecule is C=CCOc1c(I)cc(C=Nn2c(-c3cc4cc(Cl)ccc4o3)nc3ccccc3c2=O)cc1I. The van der Waals surface area contributed by atoms with Gasteiger partial charge in [0.25, 0.3) is 5.56 Å². The summed E-state index contributed by atoms with van der Waals surface area (Å²) in [7, 11) is 0. The first kappa shape index (κ1) is 24.0. The Morgan fingerprint density at radius 2 is 1.89 bits per heavy atom. The van der Waals surface area contributed by atoms with E-state index in [1.807, 2.05) is 18.2 Å². The Morgan fingerprint density at radius 3 is 2.66 bits per heavy atom. The standard InChI is InChI=1S/C26H16ClI2N3O3/c1-2-9-34-24-19(28)10-15(11-20(24)29)14-30-32-25(31-21-6-4-3-5-18(21)26(32)33)23-13-16-12-17(27)7-8-22(16)35-23/h2-8,10-14H,1,9H2. The third-order valence-corrected chi connectivity index (χ3v) is 6.98. The van der Waals surface area contributed by atoms with Crippen molar-refractivity contribution in [2.24, 2.45) is 5.10 Å². The second-order valence-electron chi connectivity index (χ2n) is 7.52. The van der Waals surface area contributed by atoms with Gasteiger partial charge in [0.05, 0.1) is 24.3 Å². The molecule has 0 atom stereocenters. The van der Waals surface area contributed by atoms with Crippen LogP contribution in [-0.2, 0) is 0 Å². The minimum atomic E-state index is -0.296. The zero-order valence-corrected chi connectivity index (χ0v) is 23.1. The molecule has 0 saturated heterocycles. The normalized spacial score (nSPS) is 11.5. The van der Waals surface area contributed by atoms with Gasteiger partial charge in [-0.2, -0.15) is 9.78 Å². The Morgan fingerprint density at radius 1 is 1.11 bits per heavy atom. The number of fused-ring (bicyclic) bond motifs is 2. The molecule has 0 fully saturated rings. The Kier molecular flexibility index (Phi) is 6.94. The molecule has 0 spiro atoms. The summed E-state index contributed by atoms with van der Waals surface area (Å²) in [6, 6.07) is 18.2. The summed E-state index contributed by atoms with van der Waals surface area (Å²) >= 11 is 10.6. The molecule has 0 radical (unpaired) electrons. The van der Waals surface area contributed by atoms with Crippen LogP contribution in [0, 0.1) is 7.14 Å². The van der Waals surface area contributed by atoms with E-state index in [9.17, 15) is 4.79 Å². The molecule has 35 heavy (non-hydrogen) atoms. The zero-order chi connectivity index (χ0) is 24.5. The summed E-state index contributed by atoms with van der Waals surface area (Å²) in [6.07, 6.45) is 3.33. The van der Waals surface area contributed by atoms with E-state index in [1.165, 1.54) is 4.68 Å². The van der Waals surface area contributed by atoms with E-state index in [-0.39, 0.29) is 5.56 Å². The number of rotatable bonds is 6. The third-order valence-electron chi connectivity index (χ3n) is 5.14. The lowest BCUT2D eigenvalue weighted by molar-refractivity contribution is 0.358. The quantitative estimate of drug-likeness (QED) is 0.107. The molecule has 2 aromatic heterocycles.